The lowest BCUT2D eigenvalue weighted by Gasteiger charge is -2.49. The molecule has 4 saturated heterocycles. The van der Waals surface area contributed by atoms with E-state index >= 15 is 0 Å². The largest absolute Gasteiger partial charge is 0.393 e. The lowest BCUT2D eigenvalue weighted by atomic mass is 9.68. The van der Waals surface area contributed by atoms with Gasteiger partial charge < -0.3 is 24.4 Å². The molecular weight excluding hydrogens is 705 g/mol. The number of hydrogen-bond acceptors (Lipinski definition) is 8. The monoisotopic (exact) mass is 779 g/mol. The highest BCUT2D eigenvalue weighted by Gasteiger charge is 2.50. The zero-order valence-corrected chi connectivity index (χ0v) is 34.7. The second kappa shape index (κ2) is 18.6. The van der Waals surface area contributed by atoms with E-state index in [4.69, 9.17) is 9.47 Å². The van der Waals surface area contributed by atoms with Crippen LogP contribution in [0.2, 0.25) is 0 Å². The molecule has 3 amide bonds. The van der Waals surface area contributed by atoms with Crippen molar-refractivity contribution < 1.29 is 29.0 Å². The number of morpholine rings is 1. The van der Waals surface area contributed by atoms with Crippen LogP contribution < -0.4 is 5.32 Å². The van der Waals surface area contributed by atoms with E-state index in [-0.39, 0.29) is 35.3 Å². The molecule has 0 aromatic carbocycles. The summed E-state index contributed by atoms with van der Waals surface area (Å²) in [4.78, 5) is 44.7. The van der Waals surface area contributed by atoms with Crippen LogP contribution in [0.1, 0.15) is 148 Å². The Morgan fingerprint density at radius 1 is 0.857 bits per heavy atom. The molecule has 8 aliphatic rings. The van der Waals surface area contributed by atoms with E-state index in [0.29, 0.717) is 43.4 Å². The van der Waals surface area contributed by atoms with E-state index < -0.39 is 6.04 Å². The number of fused-ring (bicyclic) bond motifs is 1. The number of nitrogens with zero attached hydrogens (tertiary/aromatic N) is 3. The first-order chi connectivity index (χ1) is 27.3. The molecule has 4 unspecified atom stereocenters. The first kappa shape index (κ1) is 40.9. The van der Waals surface area contributed by atoms with Crippen LogP contribution in [0.4, 0.5) is 0 Å². The highest BCUT2D eigenvalue weighted by molar-refractivity contribution is 6.02. The number of amides is 3. The fourth-order valence-corrected chi connectivity index (χ4v) is 13.1. The Morgan fingerprint density at radius 3 is 2.30 bits per heavy atom. The van der Waals surface area contributed by atoms with Gasteiger partial charge in [-0.3, -0.25) is 24.6 Å². The zero-order valence-electron chi connectivity index (χ0n) is 34.7. The van der Waals surface area contributed by atoms with Gasteiger partial charge in [0.25, 0.3) is 0 Å². The summed E-state index contributed by atoms with van der Waals surface area (Å²) in [6, 6.07) is 0.00544. The molecule has 314 valence electrons. The van der Waals surface area contributed by atoms with Crippen molar-refractivity contribution in [2.75, 3.05) is 52.5 Å². The average Bonchev–Trinajstić information content (AvgIpc) is 3.54. The molecule has 56 heavy (non-hydrogen) atoms. The Labute approximate surface area is 337 Å². The molecule has 1 spiro atoms. The zero-order chi connectivity index (χ0) is 38.6. The third-order valence-corrected chi connectivity index (χ3v) is 16.2. The summed E-state index contributed by atoms with van der Waals surface area (Å²) in [6.45, 7) is 9.94. The predicted octanol–water partition coefficient (Wildman–Crippen LogP) is 6.39. The Morgan fingerprint density at radius 2 is 1.59 bits per heavy atom. The molecule has 10 nitrogen and oxygen atoms in total. The van der Waals surface area contributed by atoms with Gasteiger partial charge in [0.1, 0.15) is 6.04 Å². The van der Waals surface area contributed by atoms with Crippen LogP contribution in [0.25, 0.3) is 0 Å². The summed E-state index contributed by atoms with van der Waals surface area (Å²) in [6.07, 6.45) is 24.8. The van der Waals surface area contributed by atoms with Crippen molar-refractivity contribution in [3.05, 3.63) is 11.1 Å². The van der Waals surface area contributed by atoms with Gasteiger partial charge in [0.15, 0.2) is 0 Å². The quantitative estimate of drug-likeness (QED) is 0.141. The summed E-state index contributed by atoms with van der Waals surface area (Å²) < 4.78 is 13.2. The maximum Gasteiger partial charge on any atom is 0.249 e. The smallest absolute Gasteiger partial charge is 0.249 e. The number of imide groups is 1. The van der Waals surface area contributed by atoms with Crippen molar-refractivity contribution in [3.63, 3.8) is 0 Å². The molecular formula is C46H74N4O6. The molecule has 4 heterocycles. The van der Waals surface area contributed by atoms with Gasteiger partial charge in [0.2, 0.25) is 17.7 Å². The van der Waals surface area contributed by atoms with Gasteiger partial charge in [-0.15, -0.1) is 0 Å². The lowest BCUT2D eigenvalue weighted by Crippen LogP contribution is -2.58. The summed E-state index contributed by atoms with van der Waals surface area (Å²) >= 11 is 0. The third kappa shape index (κ3) is 9.30. The lowest BCUT2D eigenvalue weighted by molar-refractivity contribution is -0.145. The Hall–Kier alpha value is -1.85. The highest BCUT2D eigenvalue weighted by Crippen LogP contribution is 2.46. The second-order valence-corrected chi connectivity index (χ2v) is 19.5. The third-order valence-electron chi connectivity index (χ3n) is 16.2. The van der Waals surface area contributed by atoms with E-state index in [1.54, 1.807) is 4.90 Å². The average molecular weight is 779 g/mol. The van der Waals surface area contributed by atoms with Crippen LogP contribution in [0, 0.1) is 29.6 Å². The first-order valence-corrected chi connectivity index (χ1v) is 23.6. The van der Waals surface area contributed by atoms with E-state index in [9.17, 15) is 19.5 Å². The van der Waals surface area contributed by atoms with Crippen molar-refractivity contribution in [1.82, 2.24) is 20.0 Å². The number of aliphatic hydroxyl groups excluding tert-OH is 1. The maximum absolute atomic E-state index is 13.3. The minimum Gasteiger partial charge on any atom is -0.393 e. The molecule has 4 aliphatic carbocycles. The van der Waals surface area contributed by atoms with Crippen LogP contribution in [-0.4, -0.2) is 120 Å². The number of likely N-dealkylation sites (tertiary alicyclic amines) is 2. The molecule has 0 aromatic rings. The van der Waals surface area contributed by atoms with Crippen LogP contribution in [0.5, 0.6) is 0 Å². The van der Waals surface area contributed by atoms with Gasteiger partial charge in [-0.2, -0.15) is 0 Å². The molecule has 0 radical (unpaired) electrons. The van der Waals surface area contributed by atoms with E-state index in [1.807, 2.05) is 11.1 Å². The Bertz CT molecular complexity index is 1390. The standard InChI is InChI=1S/C46H74N4O6/c1-2-39(32-7-4-3-5-8-32)43(33-9-14-37(51)15-10-33)34-11-16-38(17-12-34)55-27-6-23-48-26-28-56-46(31-48)21-24-49(25-22-46)36-13-18-40-35(29-36)30-50(45(40)54)41-19-20-42(52)47-44(41)53/h32-38,40-41,51H,2-31H2,1H3,(H,47,52,53)/b43-39-. The normalized spacial score (nSPS) is 37.0. The van der Waals surface area contributed by atoms with Crippen molar-refractivity contribution >= 4 is 17.7 Å². The van der Waals surface area contributed by atoms with Crippen molar-refractivity contribution in [1.29, 1.82) is 0 Å². The number of allylic oxidation sites excluding steroid dienone is 2. The van der Waals surface area contributed by atoms with Crippen LogP contribution in [0.15, 0.2) is 11.1 Å². The van der Waals surface area contributed by atoms with Crippen LogP contribution in [-0.2, 0) is 23.9 Å². The Balaban J connectivity index is 0.758. The van der Waals surface area contributed by atoms with E-state index in [0.717, 1.165) is 109 Å². The minimum atomic E-state index is -0.485. The number of hydrogen-bond donors (Lipinski definition) is 2. The molecule has 4 saturated carbocycles. The van der Waals surface area contributed by atoms with Gasteiger partial charge in [-0.25, -0.2) is 0 Å². The van der Waals surface area contributed by atoms with E-state index in [1.165, 1.54) is 77.0 Å². The summed E-state index contributed by atoms with van der Waals surface area (Å²) in [5.41, 5.74) is 3.64. The summed E-state index contributed by atoms with van der Waals surface area (Å²) in [5.74, 6) is 2.16. The molecule has 2 N–H and O–H groups in total. The van der Waals surface area contributed by atoms with Gasteiger partial charge in [-0.1, -0.05) is 37.3 Å². The topological polar surface area (TPSA) is 112 Å². The highest BCUT2D eigenvalue weighted by atomic mass is 16.5. The number of rotatable bonds is 11. The predicted molar refractivity (Wildman–Crippen MR) is 217 cm³/mol. The molecule has 8 rings (SSSR count). The number of piperidine rings is 2. The molecule has 10 heteroatoms. The molecule has 0 aromatic heterocycles. The van der Waals surface area contributed by atoms with Gasteiger partial charge in [-0.05, 0) is 139 Å². The van der Waals surface area contributed by atoms with Crippen molar-refractivity contribution in [2.45, 2.75) is 178 Å². The second-order valence-electron chi connectivity index (χ2n) is 19.5. The summed E-state index contributed by atoms with van der Waals surface area (Å²) in [5, 5.41) is 12.8. The first-order valence-electron chi connectivity index (χ1n) is 23.6. The minimum absolute atomic E-state index is 0.0276. The van der Waals surface area contributed by atoms with Crippen molar-refractivity contribution in [2.24, 2.45) is 29.6 Å². The van der Waals surface area contributed by atoms with Crippen molar-refractivity contribution in [3.8, 4) is 0 Å². The fraction of sp³-hybridized carbons (Fsp3) is 0.891. The van der Waals surface area contributed by atoms with Gasteiger partial charge >= 0.3 is 0 Å². The van der Waals surface area contributed by atoms with Crippen LogP contribution in [0.3, 0.4) is 0 Å². The SMILES string of the molecule is CC/C(=C(\C1CCC(O)CC1)C1CCC(OCCCN2CCOC3(CCN(C4CCC5C(=O)N(C6CCC(=O)NC6=O)CC5C4)CC3)C2)CC1)C1CCCCC1. The molecule has 0 bridgehead atoms. The van der Waals surface area contributed by atoms with Crippen LogP contribution >= 0.6 is 0 Å². The van der Waals surface area contributed by atoms with Gasteiger partial charge in [0.05, 0.1) is 24.4 Å². The number of aliphatic hydroxyl groups is 1. The van der Waals surface area contributed by atoms with E-state index in [2.05, 4.69) is 22.0 Å². The number of ether oxygens (including phenoxy) is 2. The molecule has 8 fully saturated rings. The number of carbonyl (C=O) groups is 3. The molecule has 4 aliphatic heterocycles. The number of carbonyl (C=O) groups excluding carboxylic acids is 3. The fourth-order valence-electron chi connectivity index (χ4n) is 13.1. The van der Waals surface area contributed by atoms with Gasteiger partial charge in [0, 0.05) is 64.3 Å². The Kier molecular flexibility index (Phi) is 13.6. The maximum atomic E-state index is 13.3. The summed E-state index contributed by atoms with van der Waals surface area (Å²) in [7, 11) is 0. The molecule has 4 atom stereocenters. The number of nitrogens with one attached hydrogen (secondary N) is 1.